The summed E-state index contributed by atoms with van der Waals surface area (Å²) in [5, 5.41) is 11.1. The van der Waals surface area contributed by atoms with Gasteiger partial charge in [-0.3, -0.25) is 14.9 Å². The molecule has 0 unspecified atom stereocenters. The van der Waals surface area contributed by atoms with Crippen LogP contribution in [-0.4, -0.2) is 41.9 Å². The predicted molar refractivity (Wildman–Crippen MR) is 88.9 cm³/mol. The summed E-state index contributed by atoms with van der Waals surface area (Å²) in [6, 6.07) is 10.4. The van der Waals surface area contributed by atoms with E-state index in [-0.39, 0.29) is 16.5 Å². The Kier molecular flexibility index (Phi) is 4.79. The molecule has 1 fully saturated rings. The highest BCUT2D eigenvalue weighted by atomic mass is 16.6. The van der Waals surface area contributed by atoms with E-state index in [1.807, 2.05) is 21.9 Å². The maximum atomic E-state index is 12.3. The number of anilines is 1. The Balaban J connectivity index is 1.56. The number of carbonyl (C=O) groups excluding carboxylic acids is 1. The average Bonchev–Trinajstić information content (AvgIpc) is 3.13. The smallest absolute Gasteiger partial charge is 0.292 e. The van der Waals surface area contributed by atoms with Crippen molar-refractivity contribution in [2.75, 3.05) is 31.1 Å². The standard InChI is InChI=1S/C17H19N3O4/c21-17(8-7-14-4-3-13-24-14)19-11-9-18(10-12-19)15-5-1-2-6-16(15)20(22)23/h1-6,13H,7-12H2. The molecule has 3 rings (SSSR count). The van der Waals surface area contributed by atoms with Crippen molar-refractivity contribution >= 4 is 17.3 Å². The largest absolute Gasteiger partial charge is 0.469 e. The van der Waals surface area contributed by atoms with Crippen LogP contribution in [0.15, 0.2) is 47.1 Å². The molecule has 0 N–H and O–H groups in total. The first-order valence-electron chi connectivity index (χ1n) is 7.93. The molecule has 0 saturated carbocycles. The molecule has 1 aliphatic heterocycles. The fraction of sp³-hybridized carbons (Fsp3) is 0.353. The van der Waals surface area contributed by atoms with Gasteiger partial charge in [-0.25, -0.2) is 0 Å². The molecule has 0 spiro atoms. The van der Waals surface area contributed by atoms with Gasteiger partial charge < -0.3 is 14.2 Å². The topological polar surface area (TPSA) is 79.8 Å². The number of aryl methyl sites for hydroxylation is 1. The van der Waals surface area contributed by atoms with E-state index in [2.05, 4.69) is 0 Å². The van der Waals surface area contributed by atoms with E-state index in [0.29, 0.717) is 44.7 Å². The van der Waals surface area contributed by atoms with Crippen LogP contribution in [0.4, 0.5) is 11.4 Å². The van der Waals surface area contributed by atoms with Crippen LogP contribution in [0.2, 0.25) is 0 Å². The van der Waals surface area contributed by atoms with Crippen LogP contribution in [0.25, 0.3) is 0 Å². The van der Waals surface area contributed by atoms with Gasteiger partial charge in [0.25, 0.3) is 5.69 Å². The Morgan fingerprint density at radius 3 is 2.54 bits per heavy atom. The number of nitro benzene ring substituents is 1. The molecule has 1 saturated heterocycles. The second-order valence-corrected chi connectivity index (χ2v) is 5.69. The number of furan rings is 1. The van der Waals surface area contributed by atoms with Gasteiger partial charge in [0.1, 0.15) is 11.4 Å². The minimum Gasteiger partial charge on any atom is -0.469 e. The van der Waals surface area contributed by atoms with Crippen molar-refractivity contribution in [2.45, 2.75) is 12.8 Å². The molecule has 1 aromatic carbocycles. The van der Waals surface area contributed by atoms with Crippen LogP contribution in [0, 0.1) is 10.1 Å². The maximum Gasteiger partial charge on any atom is 0.292 e. The summed E-state index contributed by atoms with van der Waals surface area (Å²) < 4.78 is 5.24. The zero-order valence-corrected chi connectivity index (χ0v) is 13.3. The molecule has 0 radical (unpaired) electrons. The van der Waals surface area contributed by atoms with E-state index in [1.54, 1.807) is 24.5 Å². The van der Waals surface area contributed by atoms with Crippen LogP contribution in [0.5, 0.6) is 0 Å². The van der Waals surface area contributed by atoms with Crippen LogP contribution in [-0.2, 0) is 11.2 Å². The number of hydrogen-bond donors (Lipinski definition) is 0. The van der Waals surface area contributed by atoms with Gasteiger partial charge in [0.05, 0.1) is 11.2 Å². The molecule has 0 atom stereocenters. The molecule has 1 amide bonds. The summed E-state index contributed by atoms with van der Waals surface area (Å²) in [5.41, 5.74) is 0.722. The van der Waals surface area contributed by atoms with Gasteiger partial charge >= 0.3 is 0 Å². The highest BCUT2D eigenvalue weighted by Crippen LogP contribution is 2.28. The van der Waals surface area contributed by atoms with Crippen molar-refractivity contribution in [1.29, 1.82) is 0 Å². The maximum absolute atomic E-state index is 12.3. The van der Waals surface area contributed by atoms with Crippen LogP contribution < -0.4 is 4.90 Å². The molecular formula is C17H19N3O4. The highest BCUT2D eigenvalue weighted by molar-refractivity contribution is 5.77. The van der Waals surface area contributed by atoms with E-state index in [9.17, 15) is 14.9 Å². The number of piperazine rings is 1. The third kappa shape index (κ3) is 3.56. The summed E-state index contributed by atoms with van der Waals surface area (Å²) in [4.78, 5) is 26.8. The fourth-order valence-corrected chi connectivity index (χ4v) is 2.93. The lowest BCUT2D eigenvalue weighted by atomic mass is 10.2. The van der Waals surface area contributed by atoms with Crippen molar-refractivity contribution < 1.29 is 14.1 Å². The van der Waals surface area contributed by atoms with E-state index in [0.717, 1.165) is 5.76 Å². The predicted octanol–water partition coefficient (Wildman–Crippen LogP) is 2.47. The Morgan fingerprint density at radius 2 is 1.88 bits per heavy atom. The Morgan fingerprint density at radius 1 is 1.12 bits per heavy atom. The third-order valence-corrected chi connectivity index (χ3v) is 4.22. The van der Waals surface area contributed by atoms with Crippen LogP contribution >= 0.6 is 0 Å². The number of para-hydroxylation sites is 2. The Labute approximate surface area is 139 Å². The minimum absolute atomic E-state index is 0.0913. The van der Waals surface area contributed by atoms with Gasteiger partial charge in [0, 0.05) is 45.1 Å². The molecule has 0 aliphatic carbocycles. The number of nitrogens with zero attached hydrogens (tertiary/aromatic N) is 3. The molecule has 1 aromatic heterocycles. The lowest BCUT2D eigenvalue weighted by Gasteiger charge is -2.35. The second kappa shape index (κ2) is 7.16. The van der Waals surface area contributed by atoms with Crippen molar-refractivity contribution in [2.24, 2.45) is 0 Å². The molecule has 1 aliphatic rings. The lowest BCUT2D eigenvalue weighted by Crippen LogP contribution is -2.49. The van der Waals surface area contributed by atoms with Gasteiger partial charge in [-0.1, -0.05) is 12.1 Å². The number of rotatable bonds is 5. The Hall–Kier alpha value is -2.83. The normalized spacial score (nSPS) is 14.7. The quantitative estimate of drug-likeness (QED) is 0.622. The molecule has 0 bridgehead atoms. The molecule has 2 heterocycles. The van der Waals surface area contributed by atoms with Gasteiger partial charge in [-0.05, 0) is 18.2 Å². The molecule has 2 aromatic rings. The molecule has 7 heteroatoms. The van der Waals surface area contributed by atoms with Crippen molar-refractivity contribution in [3.63, 3.8) is 0 Å². The zero-order valence-electron chi connectivity index (χ0n) is 13.3. The summed E-state index contributed by atoms with van der Waals surface area (Å²) in [5.74, 6) is 0.899. The lowest BCUT2D eigenvalue weighted by molar-refractivity contribution is -0.384. The summed E-state index contributed by atoms with van der Waals surface area (Å²) in [6.07, 6.45) is 2.61. The Bertz CT molecular complexity index is 706. The van der Waals surface area contributed by atoms with Crippen LogP contribution in [0.3, 0.4) is 0 Å². The van der Waals surface area contributed by atoms with E-state index < -0.39 is 0 Å². The molecule has 126 valence electrons. The summed E-state index contributed by atoms with van der Waals surface area (Å²) in [7, 11) is 0. The molecule has 7 nitrogen and oxygen atoms in total. The number of carbonyl (C=O) groups is 1. The first kappa shape index (κ1) is 16.0. The monoisotopic (exact) mass is 329 g/mol. The number of amides is 1. The molecular weight excluding hydrogens is 310 g/mol. The zero-order chi connectivity index (χ0) is 16.9. The van der Waals surface area contributed by atoms with E-state index in [4.69, 9.17) is 4.42 Å². The second-order valence-electron chi connectivity index (χ2n) is 5.69. The van der Waals surface area contributed by atoms with Crippen molar-refractivity contribution in [3.8, 4) is 0 Å². The van der Waals surface area contributed by atoms with Gasteiger partial charge in [0.15, 0.2) is 0 Å². The van der Waals surface area contributed by atoms with Crippen molar-refractivity contribution in [1.82, 2.24) is 4.90 Å². The minimum atomic E-state index is -0.365. The van der Waals surface area contributed by atoms with Crippen LogP contribution in [0.1, 0.15) is 12.2 Å². The van der Waals surface area contributed by atoms with Gasteiger partial charge in [-0.15, -0.1) is 0 Å². The SMILES string of the molecule is O=C(CCc1ccco1)N1CCN(c2ccccc2[N+](=O)[O-])CC1. The average molecular weight is 329 g/mol. The fourth-order valence-electron chi connectivity index (χ4n) is 2.93. The van der Waals surface area contributed by atoms with E-state index >= 15 is 0 Å². The first-order chi connectivity index (χ1) is 11.6. The van der Waals surface area contributed by atoms with Crippen molar-refractivity contribution in [3.05, 3.63) is 58.5 Å². The van der Waals surface area contributed by atoms with Gasteiger partial charge in [-0.2, -0.15) is 0 Å². The summed E-state index contributed by atoms with van der Waals surface area (Å²) >= 11 is 0. The number of benzene rings is 1. The highest BCUT2D eigenvalue weighted by Gasteiger charge is 2.25. The summed E-state index contributed by atoms with van der Waals surface area (Å²) in [6.45, 7) is 2.33. The number of hydrogen-bond acceptors (Lipinski definition) is 5. The van der Waals surface area contributed by atoms with Gasteiger partial charge in [0.2, 0.25) is 5.91 Å². The first-order valence-corrected chi connectivity index (χ1v) is 7.93. The third-order valence-electron chi connectivity index (χ3n) is 4.22. The number of nitro groups is 1. The van der Waals surface area contributed by atoms with E-state index in [1.165, 1.54) is 6.07 Å². The molecule has 24 heavy (non-hydrogen) atoms.